The number of hydrogen-bond donors (Lipinski definition) is 0. The van der Waals surface area contributed by atoms with Gasteiger partial charge in [0, 0.05) is 17.8 Å². The Kier molecular flexibility index (Phi) is 5.06. The molecule has 0 atom stereocenters. The summed E-state index contributed by atoms with van der Waals surface area (Å²) in [6.45, 7) is 0.163. The first-order valence-electron chi connectivity index (χ1n) is 4.76. The fourth-order valence-electron chi connectivity index (χ4n) is 1.12. The average molecular weight is 297 g/mol. The van der Waals surface area contributed by atoms with Crippen molar-refractivity contribution >= 4 is 25.7 Å². The van der Waals surface area contributed by atoms with Gasteiger partial charge in [-0.3, -0.25) is 0 Å². The molecule has 0 bridgehead atoms. The van der Waals surface area contributed by atoms with Crippen molar-refractivity contribution in [3.8, 4) is 0 Å². The first kappa shape index (κ1) is 14.9. The third-order valence-corrected chi connectivity index (χ3v) is 3.24. The monoisotopic (exact) mass is 296 g/mol. The highest BCUT2D eigenvalue weighted by atomic mass is 35.7. The Labute approximate surface area is 108 Å². The van der Waals surface area contributed by atoms with E-state index in [2.05, 4.69) is 4.74 Å². The van der Waals surface area contributed by atoms with Crippen LogP contribution in [0.15, 0.2) is 23.1 Å². The Balaban J connectivity index is 2.96. The van der Waals surface area contributed by atoms with Gasteiger partial charge in [0.2, 0.25) is 0 Å². The van der Waals surface area contributed by atoms with E-state index in [1.54, 1.807) is 0 Å². The third kappa shape index (κ3) is 4.25. The van der Waals surface area contributed by atoms with Crippen LogP contribution < -0.4 is 0 Å². The molecule has 18 heavy (non-hydrogen) atoms. The molecule has 0 heterocycles. The summed E-state index contributed by atoms with van der Waals surface area (Å²) in [4.78, 5) is 11.0. The number of hydrogen-bond acceptors (Lipinski definition) is 5. The molecule has 0 aliphatic heterocycles. The molecule has 100 valence electrons. The van der Waals surface area contributed by atoms with Crippen molar-refractivity contribution in [2.24, 2.45) is 0 Å². The summed E-state index contributed by atoms with van der Waals surface area (Å²) in [5.41, 5.74) is -0.231. The number of rotatable bonds is 5. The van der Waals surface area contributed by atoms with E-state index in [0.29, 0.717) is 6.07 Å². The normalized spacial score (nSPS) is 11.3. The highest BCUT2D eigenvalue weighted by Crippen LogP contribution is 2.18. The van der Waals surface area contributed by atoms with Crippen LogP contribution in [-0.2, 0) is 18.5 Å². The van der Waals surface area contributed by atoms with Crippen LogP contribution in [0.3, 0.4) is 0 Å². The van der Waals surface area contributed by atoms with E-state index in [1.165, 1.54) is 7.11 Å². The second-order valence-electron chi connectivity index (χ2n) is 3.24. The van der Waals surface area contributed by atoms with Crippen LogP contribution in [-0.4, -0.2) is 34.7 Å². The van der Waals surface area contributed by atoms with E-state index in [1.807, 2.05) is 0 Å². The van der Waals surface area contributed by atoms with Gasteiger partial charge >= 0.3 is 5.97 Å². The lowest BCUT2D eigenvalue weighted by Crippen LogP contribution is -2.10. The number of benzene rings is 1. The minimum absolute atomic E-state index is 0.0190. The zero-order valence-electron chi connectivity index (χ0n) is 9.35. The molecular weight excluding hydrogens is 287 g/mol. The predicted octanol–water partition coefficient (Wildman–Crippen LogP) is 1.56. The van der Waals surface area contributed by atoms with Crippen molar-refractivity contribution in [2.45, 2.75) is 4.90 Å². The molecule has 0 unspecified atom stereocenters. The molecule has 0 saturated heterocycles. The molecule has 0 radical (unpaired) electrons. The van der Waals surface area contributed by atoms with Crippen molar-refractivity contribution in [3.63, 3.8) is 0 Å². The van der Waals surface area contributed by atoms with Gasteiger partial charge < -0.3 is 9.47 Å². The van der Waals surface area contributed by atoms with Crippen molar-refractivity contribution in [1.82, 2.24) is 0 Å². The summed E-state index contributed by atoms with van der Waals surface area (Å²) in [5.74, 6) is -1.75. The van der Waals surface area contributed by atoms with Crippen molar-refractivity contribution < 1.29 is 27.1 Å². The Morgan fingerprint density at radius 3 is 2.56 bits per heavy atom. The van der Waals surface area contributed by atoms with E-state index < -0.39 is 25.7 Å². The third-order valence-electron chi connectivity index (χ3n) is 1.91. The molecule has 0 aromatic heterocycles. The molecule has 0 fully saturated rings. The highest BCUT2D eigenvalue weighted by molar-refractivity contribution is 8.13. The smallest absolute Gasteiger partial charge is 0.338 e. The van der Waals surface area contributed by atoms with E-state index in [9.17, 15) is 17.6 Å². The van der Waals surface area contributed by atoms with Crippen LogP contribution in [0.5, 0.6) is 0 Å². The zero-order chi connectivity index (χ0) is 13.8. The van der Waals surface area contributed by atoms with Crippen LogP contribution in [0, 0.1) is 5.82 Å². The van der Waals surface area contributed by atoms with Crippen LogP contribution in [0.1, 0.15) is 10.4 Å². The Hall–Kier alpha value is -1.18. The SMILES string of the molecule is COCCOC(=O)c1cc(F)cc(S(=O)(=O)Cl)c1. The van der Waals surface area contributed by atoms with Gasteiger partial charge in [-0.25, -0.2) is 17.6 Å². The minimum atomic E-state index is -4.11. The van der Waals surface area contributed by atoms with Gasteiger partial charge in [-0.05, 0) is 18.2 Å². The maximum absolute atomic E-state index is 13.2. The lowest BCUT2D eigenvalue weighted by atomic mass is 10.2. The number of ether oxygens (including phenoxy) is 2. The van der Waals surface area contributed by atoms with E-state index in [-0.39, 0.29) is 18.8 Å². The number of halogens is 2. The van der Waals surface area contributed by atoms with Gasteiger partial charge in [0.15, 0.2) is 0 Å². The topological polar surface area (TPSA) is 69.7 Å². The molecular formula is C10H10ClFO5S. The number of carbonyl (C=O) groups is 1. The summed E-state index contributed by atoms with van der Waals surface area (Å²) < 4.78 is 44.6. The summed E-state index contributed by atoms with van der Waals surface area (Å²) in [6.07, 6.45) is 0. The fraction of sp³-hybridized carbons (Fsp3) is 0.300. The molecule has 0 aliphatic carbocycles. The van der Waals surface area contributed by atoms with Crippen LogP contribution >= 0.6 is 10.7 Å². The minimum Gasteiger partial charge on any atom is -0.460 e. The van der Waals surface area contributed by atoms with Gasteiger partial charge in [-0.1, -0.05) is 0 Å². The van der Waals surface area contributed by atoms with Crippen LogP contribution in [0.2, 0.25) is 0 Å². The predicted molar refractivity (Wildman–Crippen MR) is 61.6 cm³/mol. The molecule has 1 rings (SSSR count). The van der Waals surface area contributed by atoms with Crippen molar-refractivity contribution in [2.75, 3.05) is 20.3 Å². The summed E-state index contributed by atoms with van der Waals surface area (Å²) in [6, 6.07) is 2.52. The van der Waals surface area contributed by atoms with Crippen LogP contribution in [0.25, 0.3) is 0 Å². The summed E-state index contributed by atoms with van der Waals surface area (Å²) >= 11 is 0. The number of esters is 1. The van der Waals surface area contributed by atoms with E-state index in [0.717, 1.165) is 12.1 Å². The van der Waals surface area contributed by atoms with Crippen molar-refractivity contribution in [3.05, 3.63) is 29.6 Å². The molecule has 0 spiro atoms. The summed E-state index contributed by atoms with van der Waals surface area (Å²) in [5, 5.41) is 0. The Morgan fingerprint density at radius 1 is 1.33 bits per heavy atom. The lowest BCUT2D eigenvalue weighted by molar-refractivity contribution is 0.0387. The van der Waals surface area contributed by atoms with Gasteiger partial charge in [0.05, 0.1) is 17.1 Å². The maximum Gasteiger partial charge on any atom is 0.338 e. The quantitative estimate of drug-likeness (QED) is 0.468. The summed E-state index contributed by atoms with van der Waals surface area (Å²) in [7, 11) is 2.39. The second kappa shape index (κ2) is 6.12. The average Bonchev–Trinajstić information content (AvgIpc) is 2.27. The Morgan fingerprint density at radius 2 is 2.00 bits per heavy atom. The zero-order valence-corrected chi connectivity index (χ0v) is 10.9. The maximum atomic E-state index is 13.2. The van der Waals surface area contributed by atoms with Gasteiger partial charge in [0.25, 0.3) is 9.05 Å². The number of methoxy groups -OCH3 is 1. The van der Waals surface area contributed by atoms with Gasteiger partial charge in [0.1, 0.15) is 12.4 Å². The van der Waals surface area contributed by atoms with Crippen molar-refractivity contribution in [1.29, 1.82) is 0 Å². The molecule has 0 saturated carbocycles. The highest BCUT2D eigenvalue weighted by Gasteiger charge is 2.16. The standard InChI is InChI=1S/C10H10ClFO5S/c1-16-2-3-17-10(13)7-4-8(12)6-9(5-7)18(11,14)15/h4-6H,2-3H2,1H3. The first-order valence-corrected chi connectivity index (χ1v) is 7.07. The van der Waals surface area contributed by atoms with Crippen LogP contribution in [0.4, 0.5) is 4.39 Å². The number of carbonyl (C=O) groups excluding carboxylic acids is 1. The fourth-order valence-corrected chi connectivity index (χ4v) is 1.91. The molecule has 0 aliphatic rings. The largest absolute Gasteiger partial charge is 0.460 e. The molecule has 0 amide bonds. The first-order chi connectivity index (χ1) is 8.34. The van der Waals surface area contributed by atoms with Gasteiger partial charge in [-0.2, -0.15) is 0 Å². The second-order valence-corrected chi connectivity index (χ2v) is 5.81. The van der Waals surface area contributed by atoms with E-state index in [4.69, 9.17) is 15.4 Å². The Bertz CT molecular complexity index is 543. The molecule has 0 N–H and O–H groups in total. The van der Waals surface area contributed by atoms with E-state index >= 15 is 0 Å². The lowest BCUT2D eigenvalue weighted by Gasteiger charge is -2.05. The molecule has 1 aromatic rings. The van der Waals surface area contributed by atoms with Gasteiger partial charge in [-0.15, -0.1) is 0 Å². The molecule has 1 aromatic carbocycles. The molecule has 5 nitrogen and oxygen atoms in total. The molecule has 8 heteroatoms.